The van der Waals surface area contributed by atoms with E-state index < -0.39 is 5.97 Å². The van der Waals surface area contributed by atoms with E-state index in [-0.39, 0.29) is 5.92 Å². The first-order valence-corrected chi connectivity index (χ1v) is 6.10. The summed E-state index contributed by atoms with van der Waals surface area (Å²) in [7, 11) is 0. The van der Waals surface area contributed by atoms with Gasteiger partial charge in [0.15, 0.2) is 0 Å². The Morgan fingerprint density at radius 2 is 1.80 bits per heavy atom. The van der Waals surface area contributed by atoms with Crippen LogP contribution in [-0.4, -0.2) is 34.1 Å². The van der Waals surface area contributed by atoms with Crippen LogP contribution >= 0.6 is 0 Å². The van der Waals surface area contributed by atoms with Crippen molar-refractivity contribution in [2.24, 2.45) is 5.92 Å². The molecule has 0 aromatic rings. The molecule has 0 radical (unpaired) electrons. The fourth-order valence-electron chi connectivity index (χ4n) is 3.46. The lowest BCUT2D eigenvalue weighted by molar-refractivity contribution is -0.146. The minimum Gasteiger partial charge on any atom is -0.481 e. The number of carboxylic acid groups (broad SMARTS) is 1. The van der Waals surface area contributed by atoms with Crippen molar-refractivity contribution in [1.29, 1.82) is 0 Å². The molecule has 2 saturated heterocycles. The van der Waals surface area contributed by atoms with Crippen LogP contribution in [0.3, 0.4) is 0 Å². The van der Waals surface area contributed by atoms with E-state index in [0.717, 1.165) is 12.8 Å². The van der Waals surface area contributed by atoms with Crippen molar-refractivity contribution in [2.75, 3.05) is 0 Å². The predicted molar refractivity (Wildman–Crippen MR) is 58.8 cm³/mol. The summed E-state index contributed by atoms with van der Waals surface area (Å²) in [5, 5.41) is 9.10. The van der Waals surface area contributed by atoms with Crippen molar-refractivity contribution in [3.05, 3.63) is 0 Å². The first-order valence-electron chi connectivity index (χ1n) is 6.10. The molecule has 2 rings (SSSR count). The Morgan fingerprint density at radius 3 is 2.20 bits per heavy atom. The minimum atomic E-state index is -0.588. The number of hydrogen-bond donors (Lipinski definition) is 1. The van der Waals surface area contributed by atoms with E-state index in [1.54, 1.807) is 0 Å². The van der Waals surface area contributed by atoms with Crippen molar-refractivity contribution in [1.82, 2.24) is 4.90 Å². The summed E-state index contributed by atoms with van der Waals surface area (Å²) >= 11 is 0. The highest BCUT2D eigenvalue weighted by molar-refractivity contribution is 5.70. The second kappa shape index (κ2) is 4.12. The number of piperidine rings is 2. The molecule has 86 valence electrons. The van der Waals surface area contributed by atoms with Gasteiger partial charge in [-0.15, -0.1) is 0 Å². The number of carbonyl (C=O) groups is 1. The summed E-state index contributed by atoms with van der Waals surface area (Å²) in [5.74, 6) is -0.675. The number of hydrogen-bond acceptors (Lipinski definition) is 2. The fourth-order valence-corrected chi connectivity index (χ4v) is 3.46. The molecule has 2 aliphatic heterocycles. The highest BCUT2D eigenvalue weighted by atomic mass is 16.4. The Morgan fingerprint density at radius 1 is 1.27 bits per heavy atom. The SMILES string of the molecule is CC(C)N1[C@@H]2CCC[C@H]1CC(C(=O)O)C2. The molecule has 3 nitrogen and oxygen atoms in total. The molecule has 0 saturated carbocycles. The highest BCUT2D eigenvalue weighted by Gasteiger charge is 2.41. The van der Waals surface area contributed by atoms with Gasteiger partial charge in [-0.2, -0.15) is 0 Å². The standard InChI is InChI=1S/C12H21NO2/c1-8(2)13-10-4-3-5-11(13)7-9(6-10)12(14)15/h8-11H,3-7H2,1-2H3,(H,14,15)/t9?,10-,11+. The third-order valence-corrected chi connectivity index (χ3v) is 3.98. The van der Waals surface area contributed by atoms with E-state index in [1.165, 1.54) is 19.3 Å². The van der Waals surface area contributed by atoms with Crippen LogP contribution in [0.1, 0.15) is 46.0 Å². The van der Waals surface area contributed by atoms with Crippen LogP contribution < -0.4 is 0 Å². The van der Waals surface area contributed by atoms with Crippen LogP contribution in [0.5, 0.6) is 0 Å². The lowest BCUT2D eigenvalue weighted by Gasteiger charge is -2.50. The van der Waals surface area contributed by atoms with Gasteiger partial charge in [0, 0.05) is 18.1 Å². The average molecular weight is 211 g/mol. The van der Waals surface area contributed by atoms with Gasteiger partial charge < -0.3 is 5.11 Å². The fraction of sp³-hybridized carbons (Fsp3) is 0.917. The Labute approximate surface area is 91.5 Å². The highest BCUT2D eigenvalue weighted by Crippen LogP contribution is 2.38. The van der Waals surface area contributed by atoms with Crippen molar-refractivity contribution in [3.8, 4) is 0 Å². The maximum atomic E-state index is 11.0. The zero-order valence-corrected chi connectivity index (χ0v) is 9.65. The van der Waals surface area contributed by atoms with E-state index in [9.17, 15) is 4.79 Å². The molecule has 1 N–H and O–H groups in total. The van der Waals surface area contributed by atoms with Crippen LogP contribution in [0.2, 0.25) is 0 Å². The van der Waals surface area contributed by atoms with Crippen molar-refractivity contribution >= 4 is 5.97 Å². The van der Waals surface area contributed by atoms with Gasteiger partial charge in [-0.05, 0) is 39.5 Å². The summed E-state index contributed by atoms with van der Waals surface area (Å²) in [4.78, 5) is 13.6. The number of nitrogens with zero attached hydrogens (tertiary/aromatic N) is 1. The second-order valence-corrected chi connectivity index (χ2v) is 5.29. The van der Waals surface area contributed by atoms with Crippen LogP contribution in [-0.2, 0) is 4.79 Å². The number of rotatable bonds is 2. The van der Waals surface area contributed by atoms with E-state index in [2.05, 4.69) is 18.7 Å². The molecule has 0 amide bonds. The third kappa shape index (κ3) is 2.03. The Hall–Kier alpha value is -0.570. The molecular weight excluding hydrogens is 190 g/mol. The minimum absolute atomic E-state index is 0.0877. The molecule has 2 aliphatic rings. The summed E-state index contributed by atoms with van der Waals surface area (Å²) < 4.78 is 0. The number of carboxylic acids is 1. The van der Waals surface area contributed by atoms with E-state index in [4.69, 9.17) is 5.11 Å². The largest absolute Gasteiger partial charge is 0.481 e. The zero-order chi connectivity index (χ0) is 11.0. The van der Waals surface area contributed by atoms with Gasteiger partial charge in [-0.3, -0.25) is 9.69 Å². The molecule has 2 bridgehead atoms. The van der Waals surface area contributed by atoms with Gasteiger partial charge in [-0.25, -0.2) is 0 Å². The van der Waals surface area contributed by atoms with Crippen LogP contribution in [0, 0.1) is 5.92 Å². The zero-order valence-electron chi connectivity index (χ0n) is 9.65. The Kier molecular flexibility index (Phi) is 3.01. The topological polar surface area (TPSA) is 40.5 Å². The smallest absolute Gasteiger partial charge is 0.306 e. The summed E-state index contributed by atoms with van der Waals surface area (Å²) in [6.45, 7) is 4.46. The predicted octanol–water partition coefficient (Wildman–Crippen LogP) is 2.11. The monoisotopic (exact) mass is 211 g/mol. The maximum Gasteiger partial charge on any atom is 0.306 e. The molecule has 0 spiro atoms. The van der Waals surface area contributed by atoms with Crippen molar-refractivity contribution < 1.29 is 9.90 Å². The first kappa shape index (κ1) is 10.9. The second-order valence-electron chi connectivity index (χ2n) is 5.29. The molecule has 3 atom stereocenters. The van der Waals surface area contributed by atoms with Gasteiger partial charge in [-0.1, -0.05) is 6.42 Å². The number of fused-ring (bicyclic) bond motifs is 2. The molecule has 2 heterocycles. The molecule has 0 aromatic heterocycles. The van der Waals surface area contributed by atoms with Crippen molar-refractivity contribution in [3.63, 3.8) is 0 Å². The van der Waals surface area contributed by atoms with E-state index >= 15 is 0 Å². The van der Waals surface area contributed by atoms with Crippen LogP contribution in [0.4, 0.5) is 0 Å². The maximum absolute atomic E-state index is 11.0. The van der Waals surface area contributed by atoms with Gasteiger partial charge >= 0.3 is 5.97 Å². The summed E-state index contributed by atoms with van der Waals surface area (Å²) in [5.41, 5.74) is 0. The van der Waals surface area contributed by atoms with Gasteiger partial charge in [0.1, 0.15) is 0 Å². The Bertz CT molecular complexity index is 238. The first-order chi connectivity index (χ1) is 7.09. The molecule has 0 aromatic carbocycles. The number of aliphatic carboxylic acids is 1. The van der Waals surface area contributed by atoms with Crippen LogP contribution in [0.15, 0.2) is 0 Å². The summed E-state index contributed by atoms with van der Waals surface area (Å²) in [6.07, 6.45) is 5.40. The molecule has 2 fully saturated rings. The van der Waals surface area contributed by atoms with Gasteiger partial charge in [0.2, 0.25) is 0 Å². The molecular formula is C12H21NO2. The Balaban J connectivity index is 2.11. The average Bonchev–Trinajstić information content (AvgIpc) is 2.15. The molecule has 3 heteroatoms. The van der Waals surface area contributed by atoms with Crippen molar-refractivity contribution in [2.45, 2.75) is 64.1 Å². The lowest BCUT2D eigenvalue weighted by atomic mass is 9.77. The van der Waals surface area contributed by atoms with E-state index in [0.29, 0.717) is 18.1 Å². The van der Waals surface area contributed by atoms with E-state index in [1.807, 2.05) is 0 Å². The quantitative estimate of drug-likeness (QED) is 0.760. The van der Waals surface area contributed by atoms with Gasteiger partial charge in [0.05, 0.1) is 5.92 Å². The molecule has 1 unspecified atom stereocenters. The lowest BCUT2D eigenvalue weighted by Crippen LogP contribution is -2.55. The van der Waals surface area contributed by atoms with Crippen LogP contribution in [0.25, 0.3) is 0 Å². The normalized spacial score (nSPS) is 36.9. The molecule has 0 aliphatic carbocycles. The summed E-state index contributed by atoms with van der Waals surface area (Å²) in [6, 6.07) is 1.62. The third-order valence-electron chi connectivity index (χ3n) is 3.98. The van der Waals surface area contributed by atoms with Gasteiger partial charge in [0.25, 0.3) is 0 Å². The molecule has 15 heavy (non-hydrogen) atoms.